The molecule has 0 spiro atoms. The highest BCUT2D eigenvalue weighted by molar-refractivity contribution is 9.12. The quantitative estimate of drug-likeness (QED) is 0.526. The zero-order valence-corrected chi connectivity index (χ0v) is 9.50. The van der Waals surface area contributed by atoms with Crippen LogP contribution in [0.15, 0.2) is 0 Å². The van der Waals surface area contributed by atoms with Crippen molar-refractivity contribution in [2.75, 3.05) is 6.61 Å². The van der Waals surface area contributed by atoms with Gasteiger partial charge in [-0.3, -0.25) is 9.13 Å². The van der Waals surface area contributed by atoms with Crippen LogP contribution in [-0.2, 0) is 13.7 Å². The number of hydrogen-bond acceptors (Lipinski definition) is 3. The normalized spacial score (nSPS) is 20.1. The van der Waals surface area contributed by atoms with Gasteiger partial charge in [-0.1, -0.05) is 15.9 Å². The number of rotatable bonds is 4. The Balaban J connectivity index is 4.58. The van der Waals surface area contributed by atoms with Gasteiger partial charge in [-0.05, 0) is 6.92 Å². The van der Waals surface area contributed by atoms with E-state index in [0.29, 0.717) is 0 Å². The molecule has 0 radical (unpaired) electrons. The summed E-state index contributed by atoms with van der Waals surface area (Å²) in [6, 6.07) is 0. The number of alkyl halides is 1. The molecule has 0 aromatic heterocycles. The van der Waals surface area contributed by atoms with Crippen LogP contribution >= 0.6 is 31.1 Å². The Kier molecular flexibility index (Phi) is 4.61. The zero-order valence-electron chi connectivity index (χ0n) is 6.12. The van der Waals surface area contributed by atoms with Crippen LogP contribution in [0.2, 0.25) is 0 Å². The molecule has 0 fully saturated rings. The topological polar surface area (TPSA) is 104 Å². The van der Waals surface area contributed by atoms with Gasteiger partial charge in [0.2, 0.25) is 4.31 Å². The van der Waals surface area contributed by atoms with Crippen LogP contribution in [0.4, 0.5) is 0 Å². The van der Waals surface area contributed by atoms with E-state index in [1.54, 1.807) is 0 Å². The van der Waals surface area contributed by atoms with E-state index in [0.717, 1.165) is 0 Å². The molecule has 0 saturated heterocycles. The van der Waals surface area contributed by atoms with Gasteiger partial charge in [0.25, 0.3) is 0 Å². The van der Waals surface area contributed by atoms with Crippen LogP contribution < -0.4 is 0 Å². The smallest absolute Gasteiger partial charge is 0.323 e. The molecule has 0 aromatic carbocycles. The van der Waals surface area contributed by atoms with Crippen LogP contribution in [0, 0.1) is 0 Å². The summed E-state index contributed by atoms with van der Waals surface area (Å²) in [6.45, 7) is 1.36. The summed E-state index contributed by atoms with van der Waals surface area (Å²) in [5.74, 6) is 0. The van der Waals surface area contributed by atoms with Crippen LogP contribution in [0.5, 0.6) is 0 Å². The molecule has 0 saturated carbocycles. The molecule has 2 unspecified atom stereocenters. The summed E-state index contributed by atoms with van der Waals surface area (Å²) in [5, 5.41) is 0. The molecule has 0 heterocycles. The molecular formula is C3H9BrO6P2. The molecule has 6 nitrogen and oxygen atoms in total. The average molecular weight is 283 g/mol. The molecule has 9 heteroatoms. The first-order chi connectivity index (χ1) is 5.22. The number of hydrogen-bond donors (Lipinski definition) is 3. The predicted octanol–water partition coefficient (Wildman–Crippen LogP) is 1.06. The van der Waals surface area contributed by atoms with Gasteiger partial charge < -0.3 is 19.2 Å². The van der Waals surface area contributed by atoms with Gasteiger partial charge in [0.05, 0.1) is 6.61 Å². The first-order valence-corrected chi connectivity index (χ1v) is 7.12. The highest BCUT2D eigenvalue weighted by Gasteiger charge is 2.43. The van der Waals surface area contributed by atoms with Crippen molar-refractivity contribution < 1.29 is 28.3 Å². The van der Waals surface area contributed by atoms with Gasteiger partial charge in [-0.25, -0.2) is 0 Å². The minimum absolute atomic E-state index is 0.0874. The van der Waals surface area contributed by atoms with E-state index in [9.17, 15) is 9.13 Å². The van der Waals surface area contributed by atoms with Gasteiger partial charge in [0.15, 0.2) is 0 Å². The minimum Gasteiger partial charge on any atom is -0.323 e. The second kappa shape index (κ2) is 4.33. The van der Waals surface area contributed by atoms with Gasteiger partial charge in [-0.15, -0.1) is 0 Å². The lowest BCUT2D eigenvalue weighted by atomic mass is 10.9. The molecule has 2 atom stereocenters. The Bertz CT molecular complexity index is 235. The second-order valence-corrected chi connectivity index (χ2v) is 8.22. The largest absolute Gasteiger partial charge is 0.353 e. The summed E-state index contributed by atoms with van der Waals surface area (Å²) >= 11 is 2.42. The average Bonchev–Trinajstić information content (AvgIpc) is 1.84. The SMILES string of the molecule is CCOP(=O)(O)C(Br)P(=O)(O)O. The van der Waals surface area contributed by atoms with E-state index in [1.807, 2.05) is 0 Å². The van der Waals surface area contributed by atoms with Crippen LogP contribution in [0.3, 0.4) is 0 Å². The first kappa shape index (κ1) is 12.8. The molecule has 0 aliphatic rings. The Morgan fingerprint density at radius 2 is 1.83 bits per heavy atom. The van der Waals surface area contributed by atoms with Crippen molar-refractivity contribution in [3.8, 4) is 0 Å². The fourth-order valence-corrected chi connectivity index (χ4v) is 3.00. The van der Waals surface area contributed by atoms with Crippen LogP contribution in [0.25, 0.3) is 0 Å². The van der Waals surface area contributed by atoms with E-state index in [2.05, 4.69) is 20.5 Å². The lowest BCUT2D eigenvalue weighted by Crippen LogP contribution is -2.03. The molecule has 3 N–H and O–H groups in total. The molecule has 0 aliphatic carbocycles. The van der Waals surface area contributed by atoms with Crippen molar-refractivity contribution in [1.82, 2.24) is 0 Å². The van der Waals surface area contributed by atoms with Gasteiger partial charge in [0, 0.05) is 0 Å². The molecule has 74 valence electrons. The molecule has 0 aliphatic heterocycles. The summed E-state index contributed by atoms with van der Waals surface area (Å²) in [6.07, 6.45) is 0. The lowest BCUT2D eigenvalue weighted by molar-refractivity contribution is 0.272. The Morgan fingerprint density at radius 3 is 2.08 bits per heavy atom. The Labute approximate surface area is 77.8 Å². The Morgan fingerprint density at radius 1 is 1.42 bits per heavy atom. The van der Waals surface area contributed by atoms with Crippen LogP contribution in [-0.4, -0.2) is 25.6 Å². The van der Waals surface area contributed by atoms with Gasteiger partial charge >= 0.3 is 15.2 Å². The molecule has 0 bridgehead atoms. The maximum absolute atomic E-state index is 11.0. The monoisotopic (exact) mass is 282 g/mol. The molecule has 0 rings (SSSR count). The first-order valence-electron chi connectivity index (χ1n) is 2.88. The van der Waals surface area contributed by atoms with E-state index in [1.165, 1.54) is 6.92 Å². The maximum atomic E-state index is 11.0. The van der Waals surface area contributed by atoms with Crippen molar-refractivity contribution in [3.63, 3.8) is 0 Å². The third-order valence-corrected chi connectivity index (χ3v) is 7.51. The third-order valence-electron chi connectivity index (χ3n) is 0.861. The molecular weight excluding hydrogens is 274 g/mol. The molecule has 0 aromatic rings. The van der Waals surface area contributed by atoms with Crippen molar-refractivity contribution in [1.29, 1.82) is 0 Å². The Hall–Kier alpha value is 0.780. The lowest BCUT2D eigenvalue weighted by Gasteiger charge is -2.17. The number of halogens is 1. The van der Waals surface area contributed by atoms with Crippen molar-refractivity contribution >= 4 is 31.1 Å². The molecule has 0 amide bonds. The zero-order chi connectivity index (χ0) is 9.99. The van der Waals surface area contributed by atoms with Crippen molar-refractivity contribution in [2.24, 2.45) is 0 Å². The fourth-order valence-electron chi connectivity index (χ4n) is 0.437. The summed E-state index contributed by atoms with van der Waals surface area (Å²) in [5.41, 5.74) is 0. The van der Waals surface area contributed by atoms with Crippen LogP contribution in [0.1, 0.15) is 6.92 Å². The predicted molar refractivity (Wildman–Crippen MR) is 46.2 cm³/mol. The van der Waals surface area contributed by atoms with Crippen molar-refractivity contribution in [2.45, 2.75) is 11.2 Å². The minimum atomic E-state index is -4.63. The van der Waals surface area contributed by atoms with Crippen molar-refractivity contribution in [3.05, 3.63) is 0 Å². The summed E-state index contributed by atoms with van der Waals surface area (Å²) in [4.78, 5) is 25.9. The van der Waals surface area contributed by atoms with E-state index >= 15 is 0 Å². The highest BCUT2D eigenvalue weighted by atomic mass is 79.9. The summed E-state index contributed by atoms with van der Waals surface area (Å²) in [7, 11) is -8.88. The highest BCUT2D eigenvalue weighted by Crippen LogP contribution is 2.65. The fraction of sp³-hybridized carbons (Fsp3) is 1.00. The van der Waals surface area contributed by atoms with E-state index < -0.39 is 19.5 Å². The third kappa shape index (κ3) is 3.66. The van der Waals surface area contributed by atoms with Gasteiger partial charge in [0.1, 0.15) is 0 Å². The van der Waals surface area contributed by atoms with E-state index in [-0.39, 0.29) is 6.61 Å². The van der Waals surface area contributed by atoms with Gasteiger partial charge in [-0.2, -0.15) is 0 Å². The second-order valence-electron chi connectivity index (χ2n) is 1.88. The maximum Gasteiger partial charge on any atom is 0.353 e. The van der Waals surface area contributed by atoms with E-state index in [4.69, 9.17) is 14.7 Å². The standard InChI is InChI=1S/C3H9BrO6P2/c1-2-10-12(8,9)3(4)11(5,6)7/h3H,2H2,1H3,(H,8,9)(H2,5,6,7). The molecule has 12 heavy (non-hydrogen) atoms. The summed E-state index contributed by atoms with van der Waals surface area (Å²) < 4.78 is 23.9.